The van der Waals surface area contributed by atoms with Crippen LogP contribution in [0, 0.1) is 11.8 Å². The van der Waals surface area contributed by atoms with Crippen molar-refractivity contribution in [1.82, 2.24) is 5.48 Å². The van der Waals surface area contributed by atoms with Gasteiger partial charge in [0.15, 0.2) is 0 Å². The Labute approximate surface area is 128 Å². The third kappa shape index (κ3) is 4.58. The van der Waals surface area contributed by atoms with Crippen molar-refractivity contribution in [2.75, 3.05) is 6.61 Å². The van der Waals surface area contributed by atoms with E-state index in [0.717, 1.165) is 16.8 Å². The van der Waals surface area contributed by atoms with Crippen molar-refractivity contribution in [3.8, 4) is 11.8 Å². The fourth-order valence-electron chi connectivity index (χ4n) is 2.07. The third-order valence-electron chi connectivity index (χ3n) is 3.24. The van der Waals surface area contributed by atoms with Crippen LogP contribution < -0.4 is 5.48 Å². The Morgan fingerprint density at radius 3 is 2.86 bits per heavy atom. The van der Waals surface area contributed by atoms with Gasteiger partial charge in [-0.2, -0.15) is 0 Å². The predicted molar refractivity (Wildman–Crippen MR) is 80.2 cm³/mol. The molecule has 1 aromatic carbocycles. The monoisotopic (exact) mass is 302 g/mol. The van der Waals surface area contributed by atoms with E-state index in [2.05, 4.69) is 17.0 Å². The van der Waals surface area contributed by atoms with E-state index in [9.17, 15) is 4.79 Å². The molecule has 6 heteroatoms. The van der Waals surface area contributed by atoms with Crippen LogP contribution in [-0.4, -0.2) is 34.6 Å². The van der Waals surface area contributed by atoms with Crippen molar-refractivity contribution in [2.24, 2.45) is 5.16 Å². The lowest BCUT2D eigenvalue weighted by Crippen LogP contribution is -2.20. The van der Waals surface area contributed by atoms with Gasteiger partial charge in [0, 0.05) is 24.8 Å². The first-order valence-electron chi connectivity index (χ1n) is 7.08. The normalized spacial score (nSPS) is 16.3. The second-order valence-corrected chi connectivity index (χ2v) is 4.90. The zero-order chi connectivity index (χ0) is 15.8. The Morgan fingerprint density at radius 1 is 1.41 bits per heavy atom. The lowest BCUT2D eigenvalue weighted by Gasteiger charge is -2.06. The van der Waals surface area contributed by atoms with Crippen LogP contribution in [-0.2, 0) is 9.63 Å². The van der Waals surface area contributed by atoms with E-state index in [0.29, 0.717) is 19.3 Å². The molecule has 0 saturated heterocycles. The predicted octanol–water partition coefficient (Wildman–Crippen LogP) is 1.20. The van der Waals surface area contributed by atoms with Crippen molar-refractivity contribution in [3.63, 3.8) is 0 Å². The molecule has 0 bridgehead atoms. The maximum atomic E-state index is 11.0. The van der Waals surface area contributed by atoms with Crippen LogP contribution in [0.5, 0.6) is 0 Å². The summed E-state index contributed by atoms with van der Waals surface area (Å²) in [6.45, 7) is 0.0644. The molecule has 2 rings (SSSR count). The van der Waals surface area contributed by atoms with Crippen molar-refractivity contribution in [3.05, 3.63) is 35.4 Å². The average molecular weight is 302 g/mol. The molecular formula is C16H18N2O4. The molecule has 1 unspecified atom stereocenters. The van der Waals surface area contributed by atoms with E-state index in [1.165, 1.54) is 0 Å². The first-order valence-corrected chi connectivity index (χ1v) is 7.08. The first-order chi connectivity index (χ1) is 10.7. The number of hydrogen-bond acceptors (Lipinski definition) is 5. The lowest BCUT2D eigenvalue weighted by atomic mass is 10.0. The van der Waals surface area contributed by atoms with Crippen LogP contribution in [0.25, 0.3) is 0 Å². The highest BCUT2D eigenvalue weighted by Crippen LogP contribution is 2.20. The number of aliphatic hydroxyl groups excluding tert-OH is 1. The van der Waals surface area contributed by atoms with Gasteiger partial charge in [-0.3, -0.25) is 10.0 Å². The summed E-state index contributed by atoms with van der Waals surface area (Å²) in [6, 6.07) is 7.64. The van der Waals surface area contributed by atoms with Gasteiger partial charge in [0.2, 0.25) is 5.91 Å². The van der Waals surface area contributed by atoms with E-state index >= 15 is 0 Å². The van der Waals surface area contributed by atoms with Gasteiger partial charge in [-0.1, -0.05) is 29.1 Å². The van der Waals surface area contributed by atoms with E-state index in [-0.39, 0.29) is 19.1 Å². The van der Waals surface area contributed by atoms with Gasteiger partial charge in [0.05, 0.1) is 12.3 Å². The number of hydrogen-bond donors (Lipinski definition) is 3. The van der Waals surface area contributed by atoms with E-state index in [1.807, 2.05) is 24.3 Å². The van der Waals surface area contributed by atoms with Crippen LogP contribution >= 0.6 is 0 Å². The summed E-state index contributed by atoms with van der Waals surface area (Å²) in [7, 11) is 0. The molecule has 0 saturated carbocycles. The summed E-state index contributed by atoms with van der Waals surface area (Å²) in [4.78, 5) is 16.3. The fraction of sp³-hybridized carbons (Fsp3) is 0.375. The lowest BCUT2D eigenvalue weighted by molar-refractivity contribution is -0.129. The van der Waals surface area contributed by atoms with Crippen LogP contribution in [0.3, 0.4) is 0 Å². The van der Waals surface area contributed by atoms with Crippen molar-refractivity contribution >= 4 is 11.6 Å². The fourth-order valence-corrected chi connectivity index (χ4v) is 2.07. The van der Waals surface area contributed by atoms with E-state index in [4.69, 9.17) is 15.2 Å². The summed E-state index contributed by atoms with van der Waals surface area (Å²) >= 11 is 0. The summed E-state index contributed by atoms with van der Waals surface area (Å²) in [5.74, 6) is 5.40. The van der Waals surface area contributed by atoms with Crippen molar-refractivity contribution in [2.45, 2.75) is 31.8 Å². The molecule has 0 spiro atoms. The maximum absolute atomic E-state index is 11.0. The number of nitrogens with one attached hydrogen (secondary N) is 1. The molecule has 0 fully saturated rings. The number of aliphatic hydroxyl groups is 1. The van der Waals surface area contributed by atoms with Crippen LogP contribution in [0.15, 0.2) is 29.4 Å². The van der Waals surface area contributed by atoms with Gasteiger partial charge in [0.25, 0.3) is 0 Å². The molecule has 1 atom stereocenters. The Hall–Kier alpha value is -2.36. The second kappa shape index (κ2) is 8.17. The summed E-state index contributed by atoms with van der Waals surface area (Å²) < 4.78 is 0. The number of hydroxylamine groups is 1. The number of benzene rings is 1. The van der Waals surface area contributed by atoms with Gasteiger partial charge < -0.3 is 9.94 Å². The van der Waals surface area contributed by atoms with E-state index in [1.54, 1.807) is 5.48 Å². The Balaban J connectivity index is 1.88. The van der Waals surface area contributed by atoms with Crippen molar-refractivity contribution < 1.29 is 19.9 Å². The summed E-state index contributed by atoms with van der Waals surface area (Å²) in [5, 5.41) is 21.2. The molecule has 1 aromatic rings. The number of carbonyl (C=O) groups is 1. The van der Waals surface area contributed by atoms with Crippen LogP contribution in [0.1, 0.15) is 36.8 Å². The molecule has 6 nitrogen and oxygen atoms in total. The molecule has 1 heterocycles. The van der Waals surface area contributed by atoms with Gasteiger partial charge >= 0.3 is 0 Å². The van der Waals surface area contributed by atoms with Gasteiger partial charge in [-0.05, 0) is 24.1 Å². The first kappa shape index (κ1) is 16.0. The molecule has 1 aliphatic rings. The topological polar surface area (TPSA) is 91.2 Å². The highest BCUT2D eigenvalue weighted by molar-refractivity contribution is 6.01. The quantitative estimate of drug-likeness (QED) is 0.433. The molecule has 1 amide bonds. The minimum Gasteiger partial charge on any atom is -0.395 e. The number of nitrogens with zero attached hydrogens (tertiary/aromatic N) is 1. The van der Waals surface area contributed by atoms with Crippen molar-refractivity contribution in [1.29, 1.82) is 0 Å². The molecule has 0 radical (unpaired) electrons. The maximum Gasteiger partial charge on any atom is 0.243 e. The summed E-state index contributed by atoms with van der Waals surface area (Å²) in [6.07, 6.45) is 1.66. The van der Waals surface area contributed by atoms with Crippen LogP contribution in [0.4, 0.5) is 0 Å². The van der Waals surface area contributed by atoms with Gasteiger partial charge in [0.1, 0.15) is 6.10 Å². The van der Waals surface area contributed by atoms with Crippen LogP contribution in [0.2, 0.25) is 0 Å². The minimum atomic E-state index is -0.428. The highest BCUT2D eigenvalue weighted by Gasteiger charge is 2.22. The van der Waals surface area contributed by atoms with Gasteiger partial charge in [-0.15, -0.1) is 0 Å². The third-order valence-corrected chi connectivity index (χ3v) is 3.24. The molecule has 0 aromatic heterocycles. The van der Waals surface area contributed by atoms with E-state index < -0.39 is 5.91 Å². The number of oxime groups is 1. The standard InChI is InChI=1S/C16H18N2O4/c19-10-2-1-3-12-4-6-13(7-5-12)15-11-14(22-18-15)8-9-16(20)17-21/h4-7,14,19,21H,2,8-11H2,(H,17,20). The molecule has 3 N–H and O–H groups in total. The minimum absolute atomic E-state index is 0.0644. The van der Waals surface area contributed by atoms with Gasteiger partial charge in [-0.25, -0.2) is 5.48 Å². The molecule has 22 heavy (non-hydrogen) atoms. The second-order valence-electron chi connectivity index (χ2n) is 4.90. The SMILES string of the molecule is O=C(CCC1CC(c2ccc(C#CCCO)cc2)=NO1)NO. The Bertz CT molecular complexity index is 599. The Kier molecular flexibility index (Phi) is 5.95. The molecule has 116 valence electrons. The number of amides is 1. The largest absolute Gasteiger partial charge is 0.395 e. The molecule has 1 aliphatic heterocycles. The summed E-state index contributed by atoms with van der Waals surface area (Å²) in [5.41, 5.74) is 4.28. The zero-order valence-corrected chi connectivity index (χ0v) is 12.1. The zero-order valence-electron chi connectivity index (χ0n) is 12.1. The highest BCUT2D eigenvalue weighted by atomic mass is 16.6. The number of carbonyl (C=O) groups excluding carboxylic acids is 1. The Morgan fingerprint density at radius 2 is 2.18 bits per heavy atom. The average Bonchev–Trinajstić information content (AvgIpc) is 3.02. The smallest absolute Gasteiger partial charge is 0.243 e. The molecular weight excluding hydrogens is 284 g/mol. The number of rotatable bonds is 5. The molecule has 0 aliphatic carbocycles.